The molecule has 1 aliphatic carbocycles. The van der Waals surface area contributed by atoms with Crippen molar-refractivity contribution in [3.05, 3.63) is 42.0 Å². The van der Waals surface area contributed by atoms with Crippen molar-refractivity contribution in [3.8, 4) is 5.75 Å². The molecule has 0 radical (unpaired) electrons. The van der Waals surface area contributed by atoms with Crippen LogP contribution in [-0.2, 0) is 0 Å². The van der Waals surface area contributed by atoms with E-state index in [1.165, 1.54) is 57.8 Å². The number of para-hydroxylation sites is 1. The zero-order valence-corrected chi connectivity index (χ0v) is 15.8. The Morgan fingerprint density at radius 3 is 2.62 bits per heavy atom. The molecule has 0 heterocycles. The summed E-state index contributed by atoms with van der Waals surface area (Å²) in [4.78, 5) is 0. The van der Waals surface area contributed by atoms with E-state index in [2.05, 4.69) is 19.9 Å². The van der Waals surface area contributed by atoms with Crippen molar-refractivity contribution < 1.29 is 4.74 Å². The summed E-state index contributed by atoms with van der Waals surface area (Å²) in [7, 11) is 0. The average Bonchev–Trinajstić information content (AvgIpc) is 2.63. The molecular formula is C23H36O. The molecule has 1 aliphatic rings. The Labute approximate surface area is 149 Å². The Bertz CT molecular complexity index is 462. The zero-order valence-electron chi connectivity index (χ0n) is 15.8. The second kappa shape index (κ2) is 11.3. The van der Waals surface area contributed by atoms with E-state index in [0.29, 0.717) is 0 Å². The SMILES string of the molecule is CCCCCCC1CC=C(C(C)CCCOc2ccccc2)CC1. The van der Waals surface area contributed by atoms with Gasteiger partial charge in [-0.2, -0.15) is 0 Å². The van der Waals surface area contributed by atoms with Crippen LogP contribution in [0, 0.1) is 11.8 Å². The molecule has 1 nitrogen and oxygen atoms in total. The number of rotatable bonds is 11. The van der Waals surface area contributed by atoms with Crippen LogP contribution in [0.3, 0.4) is 0 Å². The molecule has 24 heavy (non-hydrogen) atoms. The predicted molar refractivity (Wildman–Crippen MR) is 105 cm³/mol. The lowest BCUT2D eigenvalue weighted by Crippen LogP contribution is -2.11. The minimum atomic E-state index is 0.727. The van der Waals surface area contributed by atoms with Crippen molar-refractivity contribution in [2.45, 2.75) is 78.1 Å². The largest absolute Gasteiger partial charge is 0.494 e. The maximum absolute atomic E-state index is 5.81. The van der Waals surface area contributed by atoms with Gasteiger partial charge in [0.2, 0.25) is 0 Å². The molecule has 2 unspecified atom stereocenters. The van der Waals surface area contributed by atoms with E-state index in [0.717, 1.165) is 30.6 Å². The third-order valence-corrected chi connectivity index (χ3v) is 5.45. The fourth-order valence-corrected chi connectivity index (χ4v) is 3.76. The highest BCUT2D eigenvalue weighted by atomic mass is 16.5. The molecule has 2 atom stereocenters. The van der Waals surface area contributed by atoms with Crippen molar-refractivity contribution in [3.63, 3.8) is 0 Å². The Morgan fingerprint density at radius 1 is 1.08 bits per heavy atom. The molecule has 0 amide bonds. The summed E-state index contributed by atoms with van der Waals surface area (Å²) in [5, 5.41) is 0. The molecule has 0 saturated carbocycles. The van der Waals surface area contributed by atoms with E-state index in [4.69, 9.17) is 4.74 Å². The van der Waals surface area contributed by atoms with Crippen LogP contribution in [0.15, 0.2) is 42.0 Å². The summed E-state index contributed by atoms with van der Waals surface area (Å²) in [6.07, 6.45) is 16.1. The van der Waals surface area contributed by atoms with Gasteiger partial charge in [0.25, 0.3) is 0 Å². The minimum Gasteiger partial charge on any atom is -0.494 e. The summed E-state index contributed by atoms with van der Waals surface area (Å²) in [5.41, 5.74) is 1.71. The lowest BCUT2D eigenvalue weighted by Gasteiger charge is -2.25. The van der Waals surface area contributed by atoms with Crippen LogP contribution in [0.4, 0.5) is 0 Å². The molecule has 134 valence electrons. The highest BCUT2D eigenvalue weighted by Crippen LogP contribution is 2.32. The van der Waals surface area contributed by atoms with E-state index >= 15 is 0 Å². The summed E-state index contributed by atoms with van der Waals surface area (Å²) >= 11 is 0. The van der Waals surface area contributed by atoms with E-state index < -0.39 is 0 Å². The maximum Gasteiger partial charge on any atom is 0.119 e. The molecule has 0 aliphatic heterocycles. The minimum absolute atomic E-state index is 0.727. The summed E-state index contributed by atoms with van der Waals surface area (Å²) < 4.78 is 5.81. The van der Waals surface area contributed by atoms with Crippen molar-refractivity contribution in [1.29, 1.82) is 0 Å². The van der Waals surface area contributed by atoms with Gasteiger partial charge in [0.15, 0.2) is 0 Å². The van der Waals surface area contributed by atoms with Crippen LogP contribution in [0.2, 0.25) is 0 Å². The monoisotopic (exact) mass is 328 g/mol. The van der Waals surface area contributed by atoms with Crippen LogP contribution in [0.5, 0.6) is 5.75 Å². The van der Waals surface area contributed by atoms with Crippen molar-refractivity contribution in [1.82, 2.24) is 0 Å². The topological polar surface area (TPSA) is 9.23 Å². The van der Waals surface area contributed by atoms with Crippen molar-refractivity contribution in [2.24, 2.45) is 11.8 Å². The first kappa shape index (κ1) is 19.1. The van der Waals surface area contributed by atoms with Crippen LogP contribution in [-0.4, -0.2) is 6.61 Å². The number of ether oxygens (including phenoxy) is 1. The average molecular weight is 329 g/mol. The summed E-state index contributed by atoms with van der Waals surface area (Å²) in [5.74, 6) is 2.68. The van der Waals surface area contributed by atoms with Crippen LogP contribution < -0.4 is 4.74 Å². The van der Waals surface area contributed by atoms with Gasteiger partial charge >= 0.3 is 0 Å². The second-order valence-electron chi connectivity index (χ2n) is 7.47. The fourth-order valence-electron chi connectivity index (χ4n) is 3.76. The number of hydrogen-bond acceptors (Lipinski definition) is 1. The normalized spacial score (nSPS) is 18.9. The van der Waals surface area contributed by atoms with Crippen molar-refractivity contribution >= 4 is 0 Å². The number of benzene rings is 1. The molecular weight excluding hydrogens is 292 g/mol. The predicted octanol–water partition coefficient (Wildman–Crippen LogP) is 7.18. The van der Waals surface area contributed by atoms with Crippen LogP contribution in [0.1, 0.15) is 78.1 Å². The van der Waals surface area contributed by atoms with Gasteiger partial charge in [0.1, 0.15) is 5.75 Å². The van der Waals surface area contributed by atoms with Crippen LogP contribution in [0.25, 0.3) is 0 Å². The first-order valence-electron chi connectivity index (χ1n) is 10.2. The summed E-state index contributed by atoms with van der Waals surface area (Å²) in [6.45, 7) is 5.53. The molecule has 0 saturated heterocycles. The molecule has 1 aromatic carbocycles. The zero-order chi connectivity index (χ0) is 17.0. The first-order chi connectivity index (χ1) is 11.8. The molecule has 0 aromatic heterocycles. The first-order valence-corrected chi connectivity index (χ1v) is 10.2. The Kier molecular flexibility index (Phi) is 9.02. The maximum atomic E-state index is 5.81. The Hall–Kier alpha value is -1.24. The number of hydrogen-bond donors (Lipinski definition) is 0. The molecule has 1 heteroatoms. The van der Waals surface area contributed by atoms with Gasteiger partial charge in [-0.15, -0.1) is 0 Å². The highest BCUT2D eigenvalue weighted by molar-refractivity contribution is 5.20. The second-order valence-corrected chi connectivity index (χ2v) is 7.47. The number of unbranched alkanes of at least 4 members (excludes halogenated alkanes) is 3. The van der Waals surface area contributed by atoms with E-state index in [1.54, 1.807) is 5.57 Å². The fraction of sp³-hybridized carbons (Fsp3) is 0.652. The van der Waals surface area contributed by atoms with Gasteiger partial charge in [-0.05, 0) is 56.1 Å². The molecule has 0 N–H and O–H groups in total. The van der Waals surface area contributed by atoms with Gasteiger partial charge in [-0.1, -0.05) is 75.8 Å². The quantitative estimate of drug-likeness (QED) is 0.309. The third kappa shape index (κ3) is 7.11. The standard InChI is InChI=1S/C23H36O/c1-3-4-5-7-12-21-15-17-22(18-16-21)20(2)11-10-19-24-23-13-8-6-9-14-23/h6,8-9,13-14,17,20-21H,3-5,7,10-12,15-16,18-19H2,1-2H3. The van der Waals surface area contributed by atoms with Gasteiger partial charge in [-0.3, -0.25) is 0 Å². The van der Waals surface area contributed by atoms with Crippen molar-refractivity contribution in [2.75, 3.05) is 6.61 Å². The van der Waals surface area contributed by atoms with Gasteiger partial charge in [0.05, 0.1) is 6.61 Å². The van der Waals surface area contributed by atoms with E-state index in [9.17, 15) is 0 Å². The van der Waals surface area contributed by atoms with Crippen LogP contribution >= 0.6 is 0 Å². The molecule has 1 aromatic rings. The third-order valence-electron chi connectivity index (χ3n) is 5.45. The molecule has 0 bridgehead atoms. The van der Waals surface area contributed by atoms with E-state index in [-0.39, 0.29) is 0 Å². The van der Waals surface area contributed by atoms with E-state index in [1.807, 2.05) is 30.3 Å². The Balaban J connectivity index is 1.59. The van der Waals surface area contributed by atoms with Gasteiger partial charge in [-0.25, -0.2) is 0 Å². The lowest BCUT2D eigenvalue weighted by molar-refractivity contribution is 0.297. The molecule has 0 fully saturated rings. The van der Waals surface area contributed by atoms with Gasteiger partial charge < -0.3 is 4.74 Å². The molecule has 0 spiro atoms. The lowest BCUT2D eigenvalue weighted by atomic mass is 9.81. The highest BCUT2D eigenvalue weighted by Gasteiger charge is 2.17. The van der Waals surface area contributed by atoms with Gasteiger partial charge in [0, 0.05) is 0 Å². The summed E-state index contributed by atoms with van der Waals surface area (Å²) in [6, 6.07) is 10.2. The smallest absolute Gasteiger partial charge is 0.119 e. The Morgan fingerprint density at radius 2 is 1.92 bits per heavy atom. The molecule has 2 rings (SSSR count). The number of allylic oxidation sites excluding steroid dienone is 2.